The second kappa shape index (κ2) is 6.60. The first kappa shape index (κ1) is 16.7. The van der Waals surface area contributed by atoms with Gasteiger partial charge in [-0.3, -0.25) is 14.9 Å². The maximum Gasteiger partial charge on any atom is 0.271 e. The number of hydrogen-bond acceptors (Lipinski definition) is 5. The predicted molar refractivity (Wildman–Crippen MR) is 81.3 cm³/mol. The molecule has 1 N–H and O–H groups in total. The van der Waals surface area contributed by atoms with Crippen molar-refractivity contribution in [2.24, 2.45) is 11.8 Å². The highest BCUT2D eigenvalue weighted by Crippen LogP contribution is 2.34. The first-order valence-corrected chi connectivity index (χ1v) is 7.21. The highest BCUT2D eigenvalue weighted by Gasteiger charge is 2.33. The normalized spacial score (nSPS) is 21.0. The second-order valence-electron chi connectivity index (χ2n) is 5.80. The molecule has 7 nitrogen and oxygen atoms in total. The quantitative estimate of drug-likeness (QED) is 0.515. The summed E-state index contributed by atoms with van der Waals surface area (Å²) in [7, 11) is 0. The number of nitrogens with zero attached hydrogens (tertiary/aromatic N) is 1. The lowest BCUT2D eigenvalue weighted by Crippen LogP contribution is -2.42. The van der Waals surface area contributed by atoms with E-state index in [2.05, 4.69) is 5.32 Å². The number of carbonyl (C=O) groups is 2. The Bertz CT molecular complexity index is 695. The molecule has 1 aromatic rings. The first-order valence-electron chi connectivity index (χ1n) is 7.21. The van der Waals surface area contributed by atoms with E-state index in [1.54, 1.807) is 0 Å². The number of rotatable bonds is 4. The molecule has 1 aliphatic rings. The van der Waals surface area contributed by atoms with Gasteiger partial charge in [-0.05, 0) is 32.8 Å². The third kappa shape index (κ3) is 3.74. The SMILES string of the molecule is CC1=C(C)C[C@H](C(=O)Nc2cccc([N+](=O)[O-])c2)[C@@H](C(=O)[O-])C1. The van der Waals surface area contributed by atoms with E-state index in [9.17, 15) is 24.8 Å². The van der Waals surface area contributed by atoms with Crippen LogP contribution in [0.4, 0.5) is 11.4 Å². The maximum absolute atomic E-state index is 12.4. The maximum atomic E-state index is 12.4. The molecule has 1 amide bonds. The van der Waals surface area contributed by atoms with E-state index < -0.39 is 28.6 Å². The summed E-state index contributed by atoms with van der Waals surface area (Å²) in [5.41, 5.74) is 2.07. The van der Waals surface area contributed by atoms with Crippen LogP contribution in [0.2, 0.25) is 0 Å². The highest BCUT2D eigenvalue weighted by atomic mass is 16.6. The molecule has 0 aliphatic heterocycles. The van der Waals surface area contributed by atoms with Crippen LogP contribution < -0.4 is 10.4 Å². The standard InChI is InChI=1S/C16H18N2O5/c1-9-6-13(14(16(20)21)7-10(9)2)15(19)17-11-4-3-5-12(8-11)18(22)23/h3-5,8,13-14H,6-7H2,1-2H3,(H,17,19)(H,20,21)/p-1/t13-,14-/m0/s1. The van der Waals surface area contributed by atoms with Crippen molar-refractivity contribution >= 4 is 23.3 Å². The monoisotopic (exact) mass is 317 g/mol. The minimum Gasteiger partial charge on any atom is -0.550 e. The van der Waals surface area contributed by atoms with Crippen LogP contribution in [-0.4, -0.2) is 16.8 Å². The number of nitrogens with one attached hydrogen (secondary N) is 1. The average Bonchev–Trinajstić information content (AvgIpc) is 2.49. The second-order valence-corrected chi connectivity index (χ2v) is 5.80. The number of non-ortho nitro benzene ring substituents is 1. The molecule has 0 aromatic heterocycles. The summed E-state index contributed by atoms with van der Waals surface area (Å²) < 4.78 is 0. The molecule has 1 aromatic carbocycles. The van der Waals surface area contributed by atoms with Crippen molar-refractivity contribution in [3.05, 3.63) is 45.5 Å². The predicted octanol–water partition coefficient (Wildman–Crippen LogP) is 1.65. The van der Waals surface area contributed by atoms with Crippen molar-refractivity contribution in [2.45, 2.75) is 26.7 Å². The van der Waals surface area contributed by atoms with E-state index >= 15 is 0 Å². The molecule has 2 rings (SSSR count). The van der Waals surface area contributed by atoms with Gasteiger partial charge < -0.3 is 15.2 Å². The van der Waals surface area contributed by atoms with Gasteiger partial charge in [0.25, 0.3) is 5.69 Å². The van der Waals surface area contributed by atoms with Gasteiger partial charge in [-0.15, -0.1) is 0 Å². The van der Waals surface area contributed by atoms with Gasteiger partial charge in [0.2, 0.25) is 5.91 Å². The number of carboxylic acid groups (broad SMARTS) is 1. The third-order valence-electron chi connectivity index (χ3n) is 4.23. The van der Waals surface area contributed by atoms with E-state index in [1.165, 1.54) is 24.3 Å². The minimum atomic E-state index is -1.25. The number of carboxylic acids is 1. The lowest BCUT2D eigenvalue weighted by molar-refractivity contribution is -0.384. The van der Waals surface area contributed by atoms with Crippen LogP contribution in [0, 0.1) is 22.0 Å². The van der Waals surface area contributed by atoms with Crippen molar-refractivity contribution in [1.82, 2.24) is 0 Å². The average molecular weight is 317 g/mol. The summed E-state index contributed by atoms with van der Waals surface area (Å²) in [5.74, 6) is -3.36. The van der Waals surface area contributed by atoms with Crippen molar-refractivity contribution in [3.63, 3.8) is 0 Å². The minimum absolute atomic E-state index is 0.144. The number of amides is 1. The number of anilines is 1. The lowest BCUT2D eigenvalue weighted by atomic mass is 9.76. The molecule has 0 radical (unpaired) electrons. The van der Waals surface area contributed by atoms with E-state index in [-0.39, 0.29) is 17.8 Å². The van der Waals surface area contributed by atoms with Crippen LogP contribution in [-0.2, 0) is 9.59 Å². The summed E-state index contributed by atoms with van der Waals surface area (Å²) in [6.45, 7) is 3.72. The van der Waals surface area contributed by atoms with E-state index in [0.717, 1.165) is 11.1 Å². The Morgan fingerprint density at radius 1 is 1.17 bits per heavy atom. The Morgan fingerprint density at radius 3 is 2.35 bits per heavy atom. The molecule has 0 saturated heterocycles. The summed E-state index contributed by atoms with van der Waals surface area (Å²) in [6.07, 6.45) is 0.617. The van der Waals surface area contributed by atoms with Gasteiger partial charge in [0.15, 0.2) is 0 Å². The van der Waals surface area contributed by atoms with Crippen molar-refractivity contribution in [1.29, 1.82) is 0 Å². The molecule has 23 heavy (non-hydrogen) atoms. The molecule has 0 saturated carbocycles. The van der Waals surface area contributed by atoms with E-state index in [0.29, 0.717) is 6.42 Å². The van der Waals surface area contributed by atoms with Gasteiger partial charge in [0, 0.05) is 29.7 Å². The number of nitro groups is 1. The summed E-state index contributed by atoms with van der Waals surface area (Å²) in [5, 5.41) is 24.6. The van der Waals surface area contributed by atoms with Crippen molar-refractivity contribution < 1.29 is 19.6 Å². The van der Waals surface area contributed by atoms with Crippen molar-refractivity contribution in [3.8, 4) is 0 Å². The van der Waals surface area contributed by atoms with Crippen LogP contribution in [0.5, 0.6) is 0 Å². The smallest absolute Gasteiger partial charge is 0.271 e. The Kier molecular flexibility index (Phi) is 4.78. The zero-order valence-corrected chi connectivity index (χ0v) is 12.9. The largest absolute Gasteiger partial charge is 0.550 e. The molecule has 122 valence electrons. The van der Waals surface area contributed by atoms with Crippen LogP contribution in [0.25, 0.3) is 0 Å². The number of carbonyl (C=O) groups excluding carboxylic acids is 2. The lowest BCUT2D eigenvalue weighted by Gasteiger charge is -2.32. The van der Waals surface area contributed by atoms with E-state index in [4.69, 9.17) is 0 Å². The molecule has 0 unspecified atom stereocenters. The number of allylic oxidation sites excluding steroid dienone is 2. The number of hydrogen-bond donors (Lipinski definition) is 1. The molecule has 7 heteroatoms. The Morgan fingerprint density at radius 2 is 1.78 bits per heavy atom. The molecule has 1 aliphatic carbocycles. The zero-order chi connectivity index (χ0) is 17.1. The van der Waals surface area contributed by atoms with Crippen LogP contribution in [0.1, 0.15) is 26.7 Å². The fraction of sp³-hybridized carbons (Fsp3) is 0.375. The van der Waals surface area contributed by atoms with Crippen LogP contribution in [0.3, 0.4) is 0 Å². The number of benzene rings is 1. The molecule has 0 heterocycles. The third-order valence-corrected chi connectivity index (χ3v) is 4.23. The fourth-order valence-electron chi connectivity index (χ4n) is 2.75. The van der Waals surface area contributed by atoms with Crippen LogP contribution >= 0.6 is 0 Å². The van der Waals surface area contributed by atoms with Gasteiger partial charge in [-0.25, -0.2) is 0 Å². The molecule has 0 spiro atoms. The van der Waals surface area contributed by atoms with Crippen molar-refractivity contribution in [2.75, 3.05) is 5.32 Å². The Hall–Kier alpha value is -2.70. The summed E-state index contributed by atoms with van der Waals surface area (Å²) >= 11 is 0. The van der Waals surface area contributed by atoms with Crippen LogP contribution in [0.15, 0.2) is 35.4 Å². The summed E-state index contributed by atoms with van der Waals surface area (Å²) in [6, 6.07) is 5.54. The number of aliphatic carboxylic acids is 1. The van der Waals surface area contributed by atoms with Gasteiger partial charge in [0.05, 0.1) is 10.8 Å². The van der Waals surface area contributed by atoms with Gasteiger partial charge in [0.1, 0.15) is 0 Å². The molecular formula is C16H17N2O5-. The van der Waals surface area contributed by atoms with Gasteiger partial charge >= 0.3 is 0 Å². The number of nitro benzene ring substituents is 1. The zero-order valence-electron chi connectivity index (χ0n) is 12.9. The Balaban J connectivity index is 2.20. The van der Waals surface area contributed by atoms with E-state index in [1.807, 2.05) is 13.8 Å². The molecule has 2 atom stereocenters. The molecular weight excluding hydrogens is 300 g/mol. The Labute approximate surface area is 133 Å². The highest BCUT2D eigenvalue weighted by molar-refractivity contribution is 5.95. The first-order chi connectivity index (χ1) is 10.8. The van der Waals surface area contributed by atoms with Gasteiger partial charge in [-0.2, -0.15) is 0 Å². The fourth-order valence-corrected chi connectivity index (χ4v) is 2.75. The van der Waals surface area contributed by atoms with Gasteiger partial charge in [-0.1, -0.05) is 17.2 Å². The molecule has 0 fully saturated rings. The summed E-state index contributed by atoms with van der Waals surface area (Å²) in [4.78, 5) is 33.9. The molecule has 0 bridgehead atoms. The topological polar surface area (TPSA) is 112 Å².